The Morgan fingerprint density at radius 1 is 1.47 bits per heavy atom. The summed E-state index contributed by atoms with van der Waals surface area (Å²) in [5, 5.41) is 10.6. The summed E-state index contributed by atoms with van der Waals surface area (Å²) >= 11 is 0. The molecule has 0 rings (SSSR count). The van der Waals surface area contributed by atoms with Crippen molar-refractivity contribution in [1.82, 2.24) is 9.58 Å². The Kier molecular flexibility index (Phi) is 6.19. The van der Waals surface area contributed by atoms with Gasteiger partial charge in [0.05, 0.1) is 0 Å². The first-order valence-electron chi connectivity index (χ1n) is 4.42. The van der Waals surface area contributed by atoms with E-state index in [1.54, 1.807) is 0 Å². The van der Waals surface area contributed by atoms with Gasteiger partial charge in [0, 0.05) is 6.54 Å². The van der Waals surface area contributed by atoms with Gasteiger partial charge < -0.3 is 10.8 Å². The summed E-state index contributed by atoms with van der Waals surface area (Å²) in [6.45, 7) is -0.0166. The third-order valence-electron chi connectivity index (χ3n) is 1.61. The second-order valence-corrected chi connectivity index (χ2v) is 6.53. The summed E-state index contributed by atoms with van der Waals surface area (Å²) in [7, 11) is -8.59. The van der Waals surface area contributed by atoms with Crippen LogP contribution in [0.2, 0.25) is 0 Å². The molecule has 2 atom stereocenters. The van der Waals surface area contributed by atoms with Crippen molar-refractivity contribution in [3.63, 3.8) is 0 Å². The van der Waals surface area contributed by atoms with E-state index < -0.39 is 29.9 Å². The third-order valence-corrected chi connectivity index (χ3v) is 4.31. The van der Waals surface area contributed by atoms with E-state index in [1.165, 1.54) is 4.49 Å². The Morgan fingerprint density at radius 3 is 2.41 bits per heavy atom. The van der Waals surface area contributed by atoms with Crippen LogP contribution in [0.1, 0.15) is 12.8 Å². The van der Waals surface area contributed by atoms with Crippen molar-refractivity contribution >= 4 is 23.9 Å². The monoisotopic (exact) mass is 290 g/mol. The Hall–Kier alpha value is -0.550. The van der Waals surface area contributed by atoms with Crippen LogP contribution in [0.25, 0.3) is 0 Å². The molecule has 0 aromatic rings. The first kappa shape index (κ1) is 16.4. The van der Waals surface area contributed by atoms with E-state index in [0.717, 1.165) is 0 Å². The average molecular weight is 290 g/mol. The summed E-state index contributed by atoms with van der Waals surface area (Å²) in [6.07, 6.45) is 0.329. The third kappa shape index (κ3) is 9.18. The molecule has 0 aliphatic carbocycles. The molecule has 0 saturated heterocycles. The molecule has 0 aromatic heterocycles. The average Bonchev–Trinajstić information content (AvgIpc) is 2.07. The van der Waals surface area contributed by atoms with E-state index in [9.17, 15) is 17.8 Å². The number of carbonyl (C=O) groups is 1. The first-order chi connectivity index (χ1) is 7.53. The van der Waals surface area contributed by atoms with E-state index in [2.05, 4.69) is 5.09 Å². The zero-order valence-electron chi connectivity index (χ0n) is 8.74. The standard InChI is InChI=1S/C5H15N4O6PS/c6-4(5(10)11)2-1-3-8-16(7,12)9-17(13,14)15/h4H,1-3,6H2,(H,10,11)(H,13,14,15)(H4,7,8,9,12). The molecule has 102 valence electrons. The lowest BCUT2D eigenvalue weighted by atomic mass is 10.2. The molecule has 2 unspecified atom stereocenters. The van der Waals surface area contributed by atoms with Gasteiger partial charge in [-0.25, -0.2) is 5.09 Å². The Bertz CT molecular complexity index is 411. The summed E-state index contributed by atoms with van der Waals surface area (Å²) in [6, 6.07) is -1.05. The maximum Gasteiger partial charge on any atom is 0.341 e. The number of hydrogen-bond donors (Lipinski definition) is 6. The van der Waals surface area contributed by atoms with Gasteiger partial charge in [0.15, 0.2) is 0 Å². The number of rotatable bonds is 8. The SMILES string of the molecule is NC(CCCNP(N)(=O)NS(=O)(=O)O)C(=O)O. The molecule has 0 aromatic carbocycles. The molecule has 0 fully saturated rings. The minimum absolute atomic E-state index is 0.0166. The van der Waals surface area contributed by atoms with Crippen molar-refractivity contribution in [3.05, 3.63) is 0 Å². The van der Waals surface area contributed by atoms with Crippen LogP contribution in [-0.2, 0) is 19.7 Å². The normalized spacial score (nSPS) is 17.4. The van der Waals surface area contributed by atoms with Gasteiger partial charge in [-0.2, -0.15) is 8.42 Å². The molecular formula is C5H15N4O6PS. The second-order valence-electron chi connectivity index (χ2n) is 3.22. The van der Waals surface area contributed by atoms with Crippen LogP contribution in [0.5, 0.6) is 0 Å². The van der Waals surface area contributed by atoms with Crippen LogP contribution < -0.4 is 20.8 Å². The Balaban J connectivity index is 3.97. The first-order valence-corrected chi connectivity index (χ1v) is 7.64. The zero-order valence-corrected chi connectivity index (χ0v) is 10.4. The van der Waals surface area contributed by atoms with Crippen molar-refractivity contribution in [2.45, 2.75) is 18.9 Å². The predicted molar refractivity (Wildman–Crippen MR) is 59.3 cm³/mol. The molecule has 0 saturated carbocycles. The second kappa shape index (κ2) is 6.40. The maximum atomic E-state index is 11.3. The van der Waals surface area contributed by atoms with Crippen LogP contribution >= 0.6 is 7.59 Å². The number of nitrogens with one attached hydrogen (secondary N) is 2. The number of carboxylic acids is 1. The van der Waals surface area contributed by atoms with Crippen molar-refractivity contribution < 1.29 is 27.4 Å². The lowest BCUT2D eigenvalue weighted by Gasteiger charge is -2.14. The van der Waals surface area contributed by atoms with Gasteiger partial charge in [0.25, 0.3) is 7.59 Å². The molecule has 0 aliphatic heterocycles. The molecular weight excluding hydrogens is 275 g/mol. The van der Waals surface area contributed by atoms with Gasteiger partial charge in [-0.3, -0.25) is 19.4 Å². The minimum atomic E-state index is -4.67. The van der Waals surface area contributed by atoms with Crippen molar-refractivity contribution in [1.29, 1.82) is 0 Å². The largest absolute Gasteiger partial charge is 0.480 e. The highest BCUT2D eigenvalue weighted by Gasteiger charge is 2.21. The van der Waals surface area contributed by atoms with Crippen LogP contribution in [-0.4, -0.2) is 36.6 Å². The van der Waals surface area contributed by atoms with Crippen molar-refractivity contribution in [2.75, 3.05) is 6.54 Å². The number of nitrogens with two attached hydrogens (primary N) is 2. The van der Waals surface area contributed by atoms with E-state index in [4.69, 9.17) is 20.9 Å². The Morgan fingerprint density at radius 2 is 2.00 bits per heavy atom. The summed E-state index contributed by atoms with van der Waals surface area (Å²) in [5.74, 6) is -1.17. The molecule has 10 nitrogen and oxygen atoms in total. The fraction of sp³-hybridized carbons (Fsp3) is 0.800. The van der Waals surface area contributed by atoms with Gasteiger partial charge in [-0.05, 0) is 12.8 Å². The highest BCUT2D eigenvalue weighted by molar-refractivity contribution is 7.90. The van der Waals surface area contributed by atoms with Gasteiger partial charge >= 0.3 is 16.3 Å². The highest BCUT2D eigenvalue weighted by atomic mass is 32.2. The van der Waals surface area contributed by atoms with Crippen LogP contribution in [0.15, 0.2) is 0 Å². The molecule has 0 spiro atoms. The lowest BCUT2D eigenvalue weighted by molar-refractivity contribution is -0.138. The zero-order chi connectivity index (χ0) is 13.7. The smallest absolute Gasteiger partial charge is 0.341 e. The maximum absolute atomic E-state index is 11.3. The molecule has 0 bridgehead atoms. The molecule has 8 N–H and O–H groups in total. The van der Waals surface area contributed by atoms with E-state index >= 15 is 0 Å². The molecule has 0 heterocycles. The summed E-state index contributed by atoms with van der Waals surface area (Å²) < 4.78 is 41.6. The quantitative estimate of drug-likeness (QED) is 0.171. The van der Waals surface area contributed by atoms with Gasteiger partial charge in [0.2, 0.25) is 0 Å². The van der Waals surface area contributed by atoms with Crippen molar-refractivity contribution in [2.24, 2.45) is 11.2 Å². The lowest BCUT2D eigenvalue weighted by Crippen LogP contribution is -2.34. The summed E-state index contributed by atoms with van der Waals surface area (Å²) in [5.41, 5.74) is 10.2. The number of hydrogen-bond acceptors (Lipinski definition) is 5. The fourth-order valence-corrected chi connectivity index (χ4v) is 3.01. The van der Waals surface area contributed by atoms with Crippen LogP contribution in [0, 0.1) is 0 Å². The minimum Gasteiger partial charge on any atom is -0.480 e. The molecule has 0 amide bonds. The number of aliphatic carboxylic acids is 1. The fourth-order valence-electron chi connectivity index (χ4n) is 0.894. The Labute approximate surface area is 98.2 Å². The topological polar surface area (TPSA) is 185 Å². The van der Waals surface area contributed by atoms with Gasteiger partial charge in [0.1, 0.15) is 6.04 Å². The highest BCUT2D eigenvalue weighted by Crippen LogP contribution is 2.25. The molecule has 0 radical (unpaired) electrons. The van der Waals surface area contributed by atoms with Gasteiger partial charge in [-0.15, -0.1) is 4.49 Å². The molecule has 17 heavy (non-hydrogen) atoms. The van der Waals surface area contributed by atoms with Gasteiger partial charge in [-0.1, -0.05) is 0 Å². The van der Waals surface area contributed by atoms with Crippen LogP contribution in [0.3, 0.4) is 0 Å². The van der Waals surface area contributed by atoms with E-state index in [0.29, 0.717) is 0 Å². The number of carboxylic acid groups (broad SMARTS) is 1. The van der Waals surface area contributed by atoms with Crippen molar-refractivity contribution in [3.8, 4) is 0 Å². The van der Waals surface area contributed by atoms with E-state index in [-0.39, 0.29) is 19.4 Å². The molecule has 0 aliphatic rings. The van der Waals surface area contributed by atoms with Crippen LogP contribution in [0.4, 0.5) is 0 Å². The molecule has 12 heteroatoms. The predicted octanol–water partition coefficient (Wildman–Crippen LogP) is -1.77. The summed E-state index contributed by atoms with van der Waals surface area (Å²) in [4.78, 5) is 10.3. The van der Waals surface area contributed by atoms with E-state index in [1.807, 2.05) is 0 Å².